The topological polar surface area (TPSA) is 40.5 Å². The molecule has 0 fully saturated rings. The van der Waals surface area contributed by atoms with E-state index in [1.807, 2.05) is 0 Å². The van der Waals surface area contributed by atoms with Crippen molar-refractivity contribution in [1.82, 2.24) is 0 Å². The number of aliphatic hydroxyl groups excluding tert-OH is 2. The fraction of sp³-hybridized carbons (Fsp3) is 1.00. The highest BCUT2D eigenvalue weighted by Crippen LogP contribution is 2.20. The van der Waals surface area contributed by atoms with Crippen LogP contribution >= 0.6 is 34.8 Å². The quantitative estimate of drug-likeness (QED) is 0.700. The molecule has 0 saturated carbocycles. The van der Waals surface area contributed by atoms with E-state index in [2.05, 4.69) is 0 Å². The van der Waals surface area contributed by atoms with Crippen molar-refractivity contribution < 1.29 is 10.2 Å². The first-order chi connectivity index (χ1) is 5.00. The van der Waals surface area contributed by atoms with Crippen LogP contribution in [0, 0.1) is 0 Å². The van der Waals surface area contributed by atoms with Crippen LogP contribution in [0.15, 0.2) is 0 Å². The number of aliphatic hydroxyl groups is 2. The van der Waals surface area contributed by atoms with Gasteiger partial charge in [-0.05, 0) is 6.92 Å². The van der Waals surface area contributed by atoms with Gasteiger partial charge in [0, 0.05) is 5.38 Å². The van der Waals surface area contributed by atoms with Crippen molar-refractivity contribution in [2.75, 3.05) is 6.61 Å². The molecule has 0 saturated heterocycles. The highest BCUT2D eigenvalue weighted by atomic mass is 35.5. The van der Waals surface area contributed by atoms with Crippen molar-refractivity contribution in [2.24, 2.45) is 0 Å². The second kappa shape index (κ2) is 5.44. The number of hydrogen-bond acceptors (Lipinski definition) is 2. The smallest absolute Gasteiger partial charge is 0.0949 e. The van der Waals surface area contributed by atoms with Crippen LogP contribution in [-0.2, 0) is 0 Å². The van der Waals surface area contributed by atoms with Gasteiger partial charge in [0.15, 0.2) is 0 Å². The molecule has 11 heavy (non-hydrogen) atoms. The summed E-state index contributed by atoms with van der Waals surface area (Å²) < 4.78 is 0. The van der Waals surface area contributed by atoms with Gasteiger partial charge in [0.2, 0.25) is 0 Å². The van der Waals surface area contributed by atoms with Crippen LogP contribution < -0.4 is 0 Å². The van der Waals surface area contributed by atoms with Crippen LogP contribution in [0.1, 0.15) is 6.92 Å². The lowest BCUT2D eigenvalue weighted by molar-refractivity contribution is 0.0904. The summed E-state index contributed by atoms with van der Waals surface area (Å²) in [6.07, 6.45) is -1.01. The minimum atomic E-state index is -1.01. The average Bonchev–Trinajstić information content (AvgIpc) is 2.00. The van der Waals surface area contributed by atoms with Crippen molar-refractivity contribution in [3.05, 3.63) is 0 Å². The maximum Gasteiger partial charge on any atom is 0.0949 e. The lowest BCUT2D eigenvalue weighted by Gasteiger charge is -2.21. The first-order valence-electron chi connectivity index (χ1n) is 3.21. The minimum Gasteiger partial charge on any atom is -0.394 e. The largest absolute Gasteiger partial charge is 0.394 e. The van der Waals surface area contributed by atoms with Crippen molar-refractivity contribution in [2.45, 2.75) is 29.2 Å². The summed E-state index contributed by atoms with van der Waals surface area (Å²) in [5.41, 5.74) is 0. The molecular weight excluding hydrogens is 210 g/mol. The highest BCUT2D eigenvalue weighted by molar-refractivity contribution is 6.35. The van der Waals surface area contributed by atoms with Crippen molar-refractivity contribution >= 4 is 34.8 Å². The van der Waals surface area contributed by atoms with E-state index < -0.39 is 23.5 Å². The van der Waals surface area contributed by atoms with E-state index >= 15 is 0 Å². The van der Waals surface area contributed by atoms with Crippen LogP contribution in [0.2, 0.25) is 0 Å². The molecule has 2 nitrogen and oxygen atoms in total. The average molecular weight is 222 g/mol. The van der Waals surface area contributed by atoms with Crippen LogP contribution in [-0.4, -0.2) is 39.1 Å². The van der Waals surface area contributed by atoms with E-state index in [1.54, 1.807) is 6.92 Å². The maximum atomic E-state index is 9.02. The Hall–Kier alpha value is 0.790. The van der Waals surface area contributed by atoms with Gasteiger partial charge in [0.25, 0.3) is 0 Å². The zero-order valence-electron chi connectivity index (χ0n) is 6.04. The third kappa shape index (κ3) is 3.81. The van der Waals surface area contributed by atoms with Gasteiger partial charge in [-0.1, -0.05) is 0 Å². The second-order valence-electron chi connectivity index (χ2n) is 2.32. The Morgan fingerprint density at radius 1 is 1.18 bits per heavy atom. The van der Waals surface area contributed by atoms with Crippen LogP contribution in [0.4, 0.5) is 0 Å². The van der Waals surface area contributed by atoms with E-state index in [9.17, 15) is 0 Å². The molecule has 0 aromatic rings. The number of hydrogen-bond donors (Lipinski definition) is 2. The summed E-state index contributed by atoms with van der Waals surface area (Å²) in [6, 6.07) is 0. The molecule has 0 amide bonds. The minimum absolute atomic E-state index is 0.333. The van der Waals surface area contributed by atoms with Gasteiger partial charge < -0.3 is 10.2 Å². The Labute approximate surface area is 81.1 Å². The Kier molecular flexibility index (Phi) is 5.83. The summed E-state index contributed by atoms with van der Waals surface area (Å²) in [4.78, 5) is 0. The first-order valence-corrected chi connectivity index (χ1v) is 4.52. The van der Waals surface area contributed by atoms with Gasteiger partial charge in [-0.25, -0.2) is 0 Å². The molecule has 4 atom stereocenters. The fourth-order valence-corrected chi connectivity index (χ4v) is 1.26. The molecule has 2 N–H and O–H groups in total. The molecule has 0 aliphatic heterocycles. The zero-order chi connectivity index (χ0) is 9.02. The highest BCUT2D eigenvalue weighted by Gasteiger charge is 2.27. The van der Waals surface area contributed by atoms with Crippen molar-refractivity contribution in [1.29, 1.82) is 0 Å². The first kappa shape index (κ1) is 11.8. The predicted molar refractivity (Wildman–Crippen MR) is 47.7 cm³/mol. The SMILES string of the molecule is C[C@@H](Cl)[C@@H](Cl)[C@H](Cl)[C@H](O)CO. The van der Waals surface area contributed by atoms with E-state index in [-0.39, 0.29) is 5.38 Å². The lowest BCUT2D eigenvalue weighted by atomic mass is 10.1. The summed E-state index contributed by atoms with van der Waals surface area (Å²) in [6.45, 7) is 1.28. The van der Waals surface area contributed by atoms with Crippen molar-refractivity contribution in [3.63, 3.8) is 0 Å². The molecule has 0 aliphatic carbocycles. The van der Waals surface area contributed by atoms with Crippen LogP contribution in [0.25, 0.3) is 0 Å². The molecule has 0 spiro atoms. The second-order valence-corrected chi connectivity index (χ2v) is 4.01. The van der Waals surface area contributed by atoms with E-state index in [4.69, 9.17) is 45.0 Å². The number of rotatable bonds is 4. The third-order valence-electron chi connectivity index (χ3n) is 1.30. The molecule has 0 rings (SSSR count). The van der Waals surface area contributed by atoms with E-state index in [1.165, 1.54) is 0 Å². The monoisotopic (exact) mass is 220 g/mol. The number of halogens is 3. The molecule has 0 aromatic carbocycles. The fourth-order valence-electron chi connectivity index (χ4n) is 0.566. The molecule has 0 unspecified atom stereocenters. The van der Waals surface area contributed by atoms with Gasteiger partial charge in [0.1, 0.15) is 0 Å². The Morgan fingerprint density at radius 2 is 1.64 bits per heavy atom. The lowest BCUT2D eigenvalue weighted by Crippen LogP contribution is -2.36. The molecule has 68 valence electrons. The number of alkyl halides is 3. The normalized spacial score (nSPS) is 22.4. The van der Waals surface area contributed by atoms with E-state index in [0.29, 0.717) is 0 Å². The van der Waals surface area contributed by atoms with Gasteiger partial charge in [-0.15, -0.1) is 34.8 Å². The summed E-state index contributed by atoms with van der Waals surface area (Å²) >= 11 is 17.0. The van der Waals surface area contributed by atoms with Crippen LogP contribution in [0.3, 0.4) is 0 Å². The molecular formula is C6H11Cl3O2. The molecule has 0 heterocycles. The van der Waals surface area contributed by atoms with Crippen molar-refractivity contribution in [3.8, 4) is 0 Å². The zero-order valence-corrected chi connectivity index (χ0v) is 8.31. The third-order valence-corrected chi connectivity index (χ3v) is 3.04. The van der Waals surface area contributed by atoms with Gasteiger partial charge in [-0.2, -0.15) is 0 Å². The summed E-state index contributed by atoms with van der Waals surface area (Å²) in [5.74, 6) is 0. The molecule has 5 heteroatoms. The Bertz CT molecular complexity index is 110. The Balaban J connectivity index is 3.90. The molecule has 0 bridgehead atoms. The standard InChI is InChI=1S/C6H11Cl3O2/c1-3(7)5(8)6(9)4(11)2-10/h3-6,10-11H,2H2,1H3/t3-,4-,5-,6-/m1/s1. The van der Waals surface area contributed by atoms with Crippen LogP contribution in [0.5, 0.6) is 0 Å². The summed E-state index contributed by atoms with van der Waals surface area (Å²) in [5, 5.41) is 15.9. The molecule has 0 radical (unpaired) electrons. The maximum absolute atomic E-state index is 9.02. The Morgan fingerprint density at radius 3 is 1.91 bits per heavy atom. The molecule has 0 aliphatic rings. The van der Waals surface area contributed by atoms with Gasteiger partial charge >= 0.3 is 0 Å². The van der Waals surface area contributed by atoms with Gasteiger partial charge in [-0.3, -0.25) is 0 Å². The molecule has 0 aromatic heterocycles. The predicted octanol–water partition coefficient (Wildman–Crippen LogP) is 1.18. The summed E-state index contributed by atoms with van der Waals surface area (Å²) in [7, 11) is 0. The van der Waals surface area contributed by atoms with Gasteiger partial charge in [0.05, 0.1) is 23.5 Å². The van der Waals surface area contributed by atoms with E-state index in [0.717, 1.165) is 0 Å².